The molecule has 0 bridgehead atoms. The van der Waals surface area contributed by atoms with Crippen LogP contribution in [0.15, 0.2) is 48.8 Å². The third kappa shape index (κ3) is 3.92. The Morgan fingerprint density at radius 2 is 1.88 bits per heavy atom. The lowest BCUT2D eigenvalue weighted by Gasteiger charge is -2.19. The first-order chi connectivity index (χ1) is 15.9. The lowest BCUT2D eigenvalue weighted by Crippen LogP contribution is -2.16. The molecule has 2 aromatic heterocycles. The first-order valence-electron chi connectivity index (χ1n) is 11.0. The van der Waals surface area contributed by atoms with E-state index in [0.29, 0.717) is 6.42 Å². The van der Waals surface area contributed by atoms with Crippen LogP contribution in [0.25, 0.3) is 5.69 Å². The van der Waals surface area contributed by atoms with Crippen LogP contribution in [0.4, 0.5) is 21.7 Å². The highest BCUT2D eigenvalue weighted by atomic mass is 19.1. The molecule has 0 saturated heterocycles. The van der Waals surface area contributed by atoms with E-state index in [1.807, 2.05) is 14.0 Å². The van der Waals surface area contributed by atoms with Gasteiger partial charge in [-0.15, -0.1) is 0 Å². The summed E-state index contributed by atoms with van der Waals surface area (Å²) in [5.74, 6) is 3.22. The van der Waals surface area contributed by atoms with E-state index in [1.54, 1.807) is 23.1 Å². The molecule has 0 amide bonds. The highest BCUT2D eigenvalue weighted by Crippen LogP contribution is 2.42. The molecule has 5 rings (SSSR count). The zero-order chi connectivity index (χ0) is 23.1. The Morgan fingerprint density at radius 1 is 1.09 bits per heavy atom. The summed E-state index contributed by atoms with van der Waals surface area (Å²) in [6.07, 6.45) is 2.33. The first-order valence-corrected chi connectivity index (χ1v) is 11.0. The van der Waals surface area contributed by atoms with E-state index in [2.05, 4.69) is 52.3 Å². The topological polar surface area (TPSA) is 71.8 Å². The SMILES string of the molecule is CNc1nc(Cc2ccc(-n3cnc(C)n3)c(C)c2)nc2c1C(C)CN2c1ccc(F)cc1. The Balaban J connectivity index is 1.49. The minimum Gasteiger partial charge on any atom is -0.373 e. The molecule has 8 heteroatoms. The number of hydrogen-bond donors (Lipinski definition) is 1. The van der Waals surface area contributed by atoms with Crippen LogP contribution in [-0.4, -0.2) is 38.3 Å². The Labute approximate surface area is 192 Å². The standard InChI is InChI=1S/C25H26FN7/c1-15-11-18(5-10-21(15)33-14-28-17(3)31-33)12-22-29-24(27-4)23-16(2)13-32(25(23)30-22)20-8-6-19(26)7-9-20/h5-11,14,16H,12-13H2,1-4H3,(H,27,29,30). The molecule has 2 aromatic carbocycles. The average Bonchev–Trinajstić information content (AvgIpc) is 3.37. The average molecular weight is 444 g/mol. The van der Waals surface area contributed by atoms with Gasteiger partial charge < -0.3 is 10.2 Å². The highest BCUT2D eigenvalue weighted by Gasteiger charge is 2.32. The van der Waals surface area contributed by atoms with E-state index < -0.39 is 0 Å². The summed E-state index contributed by atoms with van der Waals surface area (Å²) in [6, 6.07) is 12.8. The summed E-state index contributed by atoms with van der Waals surface area (Å²) in [4.78, 5) is 16.1. The van der Waals surface area contributed by atoms with Gasteiger partial charge in [0.2, 0.25) is 0 Å². The number of hydrogen-bond acceptors (Lipinski definition) is 6. The van der Waals surface area contributed by atoms with Gasteiger partial charge in [0, 0.05) is 37.2 Å². The van der Waals surface area contributed by atoms with Gasteiger partial charge in [0.25, 0.3) is 0 Å². The number of anilines is 3. The second-order valence-electron chi connectivity index (χ2n) is 8.50. The molecule has 7 nitrogen and oxygen atoms in total. The molecule has 3 heterocycles. The number of fused-ring (bicyclic) bond motifs is 1. The third-order valence-corrected chi connectivity index (χ3v) is 6.03. The van der Waals surface area contributed by atoms with Crippen LogP contribution in [0.2, 0.25) is 0 Å². The van der Waals surface area contributed by atoms with Gasteiger partial charge in [-0.1, -0.05) is 19.1 Å². The van der Waals surface area contributed by atoms with Crippen molar-refractivity contribution in [3.8, 4) is 5.69 Å². The lowest BCUT2D eigenvalue weighted by atomic mass is 10.0. The van der Waals surface area contributed by atoms with Crippen molar-refractivity contribution in [2.24, 2.45) is 0 Å². The van der Waals surface area contributed by atoms with Gasteiger partial charge in [-0.05, 0) is 55.3 Å². The fraction of sp³-hybridized carbons (Fsp3) is 0.280. The minimum absolute atomic E-state index is 0.245. The van der Waals surface area contributed by atoms with E-state index in [1.165, 1.54) is 12.1 Å². The van der Waals surface area contributed by atoms with Gasteiger partial charge in [0.15, 0.2) is 0 Å². The van der Waals surface area contributed by atoms with Crippen LogP contribution in [0.5, 0.6) is 0 Å². The summed E-state index contributed by atoms with van der Waals surface area (Å²) < 4.78 is 15.3. The quantitative estimate of drug-likeness (QED) is 0.482. The van der Waals surface area contributed by atoms with Crippen molar-refractivity contribution >= 4 is 17.3 Å². The zero-order valence-electron chi connectivity index (χ0n) is 19.2. The predicted molar refractivity (Wildman–Crippen MR) is 127 cm³/mol. The summed E-state index contributed by atoms with van der Waals surface area (Å²) in [5.41, 5.74) is 5.25. The van der Waals surface area contributed by atoms with E-state index >= 15 is 0 Å². The van der Waals surface area contributed by atoms with E-state index in [-0.39, 0.29) is 11.7 Å². The van der Waals surface area contributed by atoms with Gasteiger partial charge in [-0.25, -0.2) is 24.0 Å². The minimum atomic E-state index is -0.245. The Morgan fingerprint density at radius 3 is 2.55 bits per heavy atom. The van der Waals surface area contributed by atoms with Gasteiger partial charge in [-0.2, -0.15) is 5.10 Å². The molecule has 0 spiro atoms. The Kier molecular flexibility index (Phi) is 5.28. The van der Waals surface area contributed by atoms with Gasteiger partial charge in [-0.3, -0.25) is 0 Å². The van der Waals surface area contributed by atoms with Crippen LogP contribution < -0.4 is 10.2 Å². The summed E-state index contributed by atoms with van der Waals surface area (Å²) >= 11 is 0. The monoisotopic (exact) mass is 443 g/mol. The van der Waals surface area contributed by atoms with Crippen molar-refractivity contribution in [1.29, 1.82) is 0 Å². The lowest BCUT2D eigenvalue weighted by molar-refractivity contribution is 0.627. The Hall–Kier alpha value is -3.81. The van der Waals surface area contributed by atoms with Crippen molar-refractivity contribution < 1.29 is 4.39 Å². The molecule has 0 fully saturated rings. The van der Waals surface area contributed by atoms with Gasteiger partial charge in [0.1, 0.15) is 35.4 Å². The number of rotatable bonds is 5. The molecule has 0 radical (unpaired) electrons. The Bertz CT molecular complexity index is 1310. The van der Waals surface area contributed by atoms with Crippen LogP contribution in [0, 0.1) is 19.7 Å². The highest BCUT2D eigenvalue weighted by molar-refractivity contribution is 5.73. The fourth-order valence-corrected chi connectivity index (χ4v) is 4.46. The number of aryl methyl sites for hydroxylation is 2. The smallest absolute Gasteiger partial charge is 0.147 e. The number of benzene rings is 2. The molecule has 1 N–H and O–H groups in total. The second kappa shape index (κ2) is 8.27. The zero-order valence-corrected chi connectivity index (χ0v) is 19.2. The molecule has 0 saturated carbocycles. The van der Waals surface area contributed by atoms with E-state index in [4.69, 9.17) is 9.97 Å². The van der Waals surface area contributed by atoms with Crippen molar-refractivity contribution in [1.82, 2.24) is 24.7 Å². The van der Waals surface area contributed by atoms with Crippen LogP contribution in [0.3, 0.4) is 0 Å². The van der Waals surface area contributed by atoms with Gasteiger partial charge in [0.05, 0.1) is 5.69 Å². The molecule has 33 heavy (non-hydrogen) atoms. The van der Waals surface area contributed by atoms with Crippen LogP contribution in [-0.2, 0) is 6.42 Å². The number of nitrogens with one attached hydrogen (secondary N) is 1. The van der Waals surface area contributed by atoms with Crippen molar-refractivity contribution in [2.45, 2.75) is 33.1 Å². The van der Waals surface area contributed by atoms with Crippen molar-refractivity contribution in [3.63, 3.8) is 0 Å². The summed E-state index contributed by atoms with van der Waals surface area (Å²) in [7, 11) is 1.89. The first kappa shape index (κ1) is 21.1. The molecule has 1 unspecified atom stereocenters. The van der Waals surface area contributed by atoms with Crippen molar-refractivity contribution in [3.05, 3.63) is 82.9 Å². The number of aromatic nitrogens is 5. The molecule has 4 aromatic rings. The normalized spacial score (nSPS) is 15.1. The van der Waals surface area contributed by atoms with Gasteiger partial charge >= 0.3 is 0 Å². The maximum Gasteiger partial charge on any atom is 0.147 e. The molecule has 1 aliphatic heterocycles. The third-order valence-electron chi connectivity index (χ3n) is 6.03. The van der Waals surface area contributed by atoms with Crippen LogP contribution >= 0.6 is 0 Å². The molecule has 0 aliphatic carbocycles. The fourth-order valence-electron chi connectivity index (χ4n) is 4.46. The van der Waals surface area contributed by atoms with Crippen LogP contribution in [0.1, 0.15) is 41.2 Å². The number of halogens is 1. The predicted octanol–water partition coefficient (Wildman–Crippen LogP) is 4.70. The largest absolute Gasteiger partial charge is 0.373 e. The molecular formula is C25H26FN7. The molecule has 1 aliphatic rings. The van der Waals surface area contributed by atoms with E-state index in [0.717, 1.165) is 57.9 Å². The van der Waals surface area contributed by atoms with Crippen molar-refractivity contribution in [2.75, 3.05) is 23.8 Å². The molecule has 1 atom stereocenters. The maximum absolute atomic E-state index is 13.5. The summed E-state index contributed by atoms with van der Waals surface area (Å²) in [6.45, 7) is 6.89. The maximum atomic E-state index is 13.5. The molecule has 168 valence electrons. The molecular weight excluding hydrogens is 417 g/mol. The number of nitrogens with zero attached hydrogens (tertiary/aromatic N) is 6. The summed E-state index contributed by atoms with van der Waals surface area (Å²) in [5, 5.41) is 7.66. The second-order valence-corrected chi connectivity index (χ2v) is 8.50. The van der Waals surface area contributed by atoms with E-state index in [9.17, 15) is 4.39 Å².